The SMILES string of the molecule is CCN(C(=O)CC(N)C(C)C)C1CCCC1. The summed E-state index contributed by atoms with van der Waals surface area (Å²) in [5.74, 6) is 0.627. The number of hydrogen-bond acceptors (Lipinski definition) is 2. The van der Waals surface area contributed by atoms with Crippen LogP contribution in [0.5, 0.6) is 0 Å². The van der Waals surface area contributed by atoms with Crippen LogP contribution in [-0.4, -0.2) is 29.4 Å². The third kappa shape index (κ3) is 3.48. The Kier molecular flexibility index (Phi) is 5.26. The fourth-order valence-electron chi connectivity index (χ4n) is 2.41. The lowest BCUT2D eigenvalue weighted by atomic mass is 10.0. The van der Waals surface area contributed by atoms with E-state index in [9.17, 15) is 4.79 Å². The fraction of sp³-hybridized carbons (Fsp3) is 0.923. The highest BCUT2D eigenvalue weighted by molar-refractivity contribution is 5.77. The normalized spacial score (nSPS) is 19.1. The van der Waals surface area contributed by atoms with Gasteiger partial charge in [0.15, 0.2) is 0 Å². The molecule has 1 rings (SSSR count). The second-order valence-electron chi connectivity index (χ2n) is 5.23. The third-order valence-electron chi connectivity index (χ3n) is 3.69. The van der Waals surface area contributed by atoms with Crippen LogP contribution in [0.15, 0.2) is 0 Å². The van der Waals surface area contributed by atoms with Gasteiger partial charge in [0.25, 0.3) is 0 Å². The standard InChI is InChI=1S/C13H26N2O/c1-4-15(11-7-5-6-8-11)13(16)9-12(14)10(2)3/h10-12H,4-9,14H2,1-3H3. The fourth-order valence-corrected chi connectivity index (χ4v) is 2.41. The van der Waals surface area contributed by atoms with Gasteiger partial charge in [0.05, 0.1) is 0 Å². The number of rotatable bonds is 5. The lowest BCUT2D eigenvalue weighted by Crippen LogP contribution is -2.42. The summed E-state index contributed by atoms with van der Waals surface area (Å²) < 4.78 is 0. The molecule has 0 saturated heterocycles. The molecule has 0 bridgehead atoms. The summed E-state index contributed by atoms with van der Waals surface area (Å²) in [5, 5.41) is 0. The second-order valence-corrected chi connectivity index (χ2v) is 5.23. The van der Waals surface area contributed by atoms with Crippen molar-refractivity contribution < 1.29 is 4.79 Å². The lowest BCUT2D eigenvalue weighted by molar-refractivity contribution is -0.133. The first-order valence-corrected chi connectivity index (χ1v) is 6.61. The van der Waals surface area contributed by atoms with Gasteiger partial charge in [-0.25, -0.2) is 0 Å². The van der Waals surface area contributed by atoms with Crippen LogP contribution in [0, 0.1) is 5.92 Å². The number of nitrogens with zero attached hydrogens (tertiary/aromatic N) is 1. The number of amides is 1. The molecule has 1 amide bonds. The second kappa shape index (κ2) is 6.24. The van der Waals surface area contributed by atoms with Gasteiger partial charge in [-0.2, -0.15) is 0 Å². The van der Waals surface area contributed by atoms with Crippen molar-refractivity contribution in [3.05, 3.63) is 0 Å². The highest BCUT2D eigenvalue weighted by atomic mass is 16.2. The van der Waals surface area contributed by atoms with Crippen molar-refractivity contribution in [3.63, 3.8) is 0 Å². The van der Waals surface area contributed by atoms with E-state index >= 15 is 0 Å². The first-order chi connectivity index (χ1) is 7.56. The maximum absolute atomic E-state index is 12.1. The molecule has 1 aliphatic carbocycles. The highest BCUT2D eigenvalue weighted by Gasteiger charge is 2.26. The van der Waals surface area contributed by atoms with E-state index in [0.29, 0.717) is 18.4 Å². The number of carbonyl (C=O) groups is 1. The summed E-state index contributed by atoms with van der Waals surface area (Å²) in [7, 11) is 0. The van der Waals surface area contributed by atoms with E-state index in [1.807, 2.05) is 4.90 Å². The van der Waals surface area contributed by atoms with Crippen molar-refractivity contribution in [2.75, 3.05) is 6.54 Å². The Morgan fingerprint density at radius 1 is 1.38 bits per heavy atom. The van der Waals surface area contributed by atoms with Gasteiger partial charge in [0.1, 0.15) is 0 Å². The average molecular weight is 226 g/mol. The molecule has 1 unspecified atom stereocenters. The van der Waals surface area contributed by atoms with E-state index in [1.165, 1.54) is 25.7 Å². The van der Waals surface area contributed by atoms with Crippen LogP contribution in [0.3, 0.4) is 0 Å². The number of carbonyl (C=O) groups excluding carboxylic acids is 1. The molecule has 3 nitrogen and oxygen atoms in total. The van der Waals surface area contributed by atoms with Crippen molar-refractivity contribution in [1.29, 1.82) is 0 Å². The van der Waals surface area contributed by atoms with E-state index in [-0.39, 0.29) is 11.9 Å². The minimum atomic E-state index is 0.00273. The average Bonchev–Trinajstić information content (AvgIpc) is 2.72. The van der Waals surface area contributed by atoms with Gasteiger partial charge < -0.3 is 10.6 Å². The molecule has 1 aliphatic rings. The van der Waals surface area contributed by atoms with Gasteiger partial charge in [-0.3, -0.25) is 4.79 Å². The van der Waals surface area contributed by atoms with E-state index in [4.69, 9.17) is 5.73 Å². The summed E-state index contributed by atoms with van der Waals surface area (Å²) >= 11 is 0. The van der Waals surface area contributed by atoms with Crippen LogP contribution >= 0.6 is 0 Å². The monoisotopic (exact) mass is 226 g/mol. The largest absolute Gasteiger partial charge is 0.340 e. The molecular formula is C13H26N2O. The maximum Gasteiger partial charge on any atom is 0.224 e. The van der Waals surface area contributed by atoms with Gasteiger partial charge >= 0.3 is 0 Å². The first kappa shape index (κ1) is 13.5. The molecule has 16 heavy (non-hydrogen) atoms. The molecule has 1 atom stereocenters. The van der Waals surface area contributed by atoms with Crippen molar-refractivity contribution in [2.45, 2.75) is 65.0 Å². The van der Waals surface area contributed by atoms with Gasteiger partial charge in [0.2, 0.25) is 5.91 Å². The molecule has 0 aliphatic heterocycles. The Labute approximate surface area is 99.4 Å². The van der Waals surface area contributed by atoms with E-state index in [0.717, 1.165) is 6.54 Å². The van der Waals surface area contributed by atoms with Crippen LogP contribution in [0.25, 0.3) is 0 Å². The summed E-state index contributed by atoms with van der Waals surface area (Å²) in [5.41, 5.74) is 5.96. The molecule has 0 aromatic rings. The zero-order chi connectivity index (χ0) is 12.1. The predicted molar refractivity (Wildman–Crippen MR) is 67.1 cm³/mol. The van der Waals surface area contributed by atoms with Crippen molar-refractivity contribution in [3.8, 4) is 0 Å². The molecule has 0 spiro atoms. The van der Waals surface area contributed by atoms with Crippen molar-refractivity contribution in [2.24, 2.45) is 11.7 Å². The van der Waals surface area contributed by atoms with Crippen LogP contribution in [0.2, 0.25) is 0 Å². The van der Waals surface area contributed by atoms with Crippen LogP contribution in [0.1, 0.15) is 52.9 Å². The minimum absolute atomic E-state index is 0.00273. The topological polar surface area (TPSA) is 46.3 Å². The van der Waals surface area contributed by atoms with Crippen LogP contribution < -0.4 is 5.73 Å². The molecule has 1 fully saturated rings. The quantitative estimate of drug-likeness (QED) is 0.780. The molecule has 0 aromatic heterocycles. The van der Waals surface area contributed by atoms with Crippen LogP contribution in [0.4, 0.5) is 0 Å². The zero-order valence-corrected chi connectivity index (χ0v) is 10.9. The molecule has 0 heterocycles. The Morgan fingerprint density at radius 2 is 1.94 bits per heavy atom. The number of nitrogens with two attached hydrogens (primary N) is 1. The Morgan fingerprint density at radius 3 is 2.38 bits per heavy atom. The molecule has 0 aromatic carbocycles. The molecule has 2 N–H and O–H groups in total. The summed E-state index contributed by atoms with van der Waals surface area (Å²) in [6.45, 7) is 7.04. The minimum Gasteiger partial charge on any atom is -0.340 e. The summed E-state index contributed by atoms with van der Waals surface area (Å²) in [6, 6.07) is 0.486. The van der Waals surface area contributed by atoms with E-state index in [2.05, 4.69) is 20.8 Å². The molecule has 1 saturated carbocycles. The summed E-state index contributed by atoms with van der Waals surface area (Å²) in [4.78, 5) is 14.2. The van der Waals surface area contributed by atoms with E-state index in [1.54, 1.807) is 0 Å². The predicted octanol–water partition coefficient (Wildman–Crippen LogP) is 2.15. The van der Waals surface area contributed by atoms with Crippen molar-refractivity contribution >= 4 is 5.91 Å². The number of hydrogen-bond donors (Lipinski definition) is 1. The molecular weight excluding hydrogens is 200 g/mol. The maximum atomic E-state index is 12.1. The highest BCUT2D eigenvalue weighted by Crippen LogP contribution is 2.24. The van der Waals surface area contributed by atoms with Crippen LogP contribution in [-0.2, 0) is 4.79 Å². The Balaban J connectivity index is 2.48. The van der Waals surface area contributed by atoms with Gasteiger partial charge in [-0.05, 0) is 25.7 Å². The molecule has 0 radical (unpaired) electrons. The summed E-state index contributed by atoms with van der Waals surface area (Å²) in [6.07, 6.45) is 5.39. The zero-order valence-electron chi connectivity index (χ0n) is 10.9. The van der Waals surface area contributed by atoms with E-state index < -0.39 is 0 Å². The van der Waals surface area contributed by atoms with Gasteiger partial charge in [0, 0.05) is 25.0 Å². The third-order valence-corrected chi connectivity index (χ3v) is 3.69. The van der Waals surface area contributed by atoms with Gasteiger partial charge in [-0.1, -0.05) is 26.7 Å². The molecule has 94 valence electrons. The van der Waals surface area contributed by atoms with Crippen molar-refractivity contribution in [1.82, 2.24) is 4.90 Å². The molecule has 3 heteroatoms. The smallest absolute Gasteiger partial charge is 0.224 e. The lowest BCUT2D eigenvalue weighted by Gasteiger charge is -2.29. The Bertz CT molecular complexity index is 222. The Hall–Kier alpha value is -0.570. The van der Waals surface area contributed by atoms with Gasteiger partial charge in [-0.15, -0.1) is 0 Å². The first-order valence-electron chi connectivity index (χ1n) is 6.61.